The first-order valence-electron chi connectivity index (χ1n) is 8.73. The van der Waals surface area contributed by atoms with Crippen molar-refractivity contribution in [1.29, 1.82) is 0 Å². The average molecular weight is 460 g/mol. The lowest BCUT2D eigenvalue weighted by molar-refractivity contribution is -0.144. The maximum absolute atomic E-state index is 14.4. The molecule has 31 heavy (non-hydrogen) atoms. The maximum Gasteiger partial charge on any atom is 0.433 e. The summed E-state index contributed by atoms with van der Waals surface area (Å²) in [6.07, 6.45) is -4.12. The molecule has 0 amide bonds. The number of aromatic nitrogens is 3. The van der Waals surface area contributed by atoms with Crippen molar-refractivity contribution in [3.63, 3.8) is 0 Å². The van der Waals surface area contributed by atoms with Gasteiger partial charge in [-0.25, -0.2) is 9.18 Å². The minimum atomic E-state index is -4.94. The Morgan fingerprint density at radius 1 is 1.39 bits per heavy atom. The van der Waals surface area contributed by atoms with E-state index in [-0.39, 0.29) is 10.6 Å². The Morgan fingerprint density at radius 3 is 2.61 bits per heavy atom. The molecule has 0 bridgehead atoms. The maximum atomic E-state index is 14.4. The number of aliphatic hydroxyl groups is 1. The van der Waals surface area contributed by atoms with Gasteiger partial charge in [0, 0.05) is 5.50 Å². The van der Waals surface area contributed by atoms with Crippen molar-refractivity contribution in [1.82, 2.24) is 14.9 Å². The summed E-state index contributed by atoms with van der Waals surface area (Å²) < 4.78 is 66.3. The highest BCUT2D eigenvalue weighted by molar-refractivity contribution is 6.33. The fourth-order valence-electron chi connectivity index (χ4n) is 3.00. The highest BCUT2D eigenvalue weighted by Gasteiger charge is 2.42. The van der Waals surface area contributed by atoms with Gasteiger partial charge in [-0.05, 0) is 19.1 Å². The largest absolute Gasteiger partial charge is 0.465 e. The lowest BCUT2D eigenvalue weighted by Crippen LogP contribution is -2.33. The predicted octanol–water partition coefficient (Wildman–Crippen LogP) is 3.14. The number of alkyl halides is 3. The zero-order chi connectivity index (χ0) is 23.1. The quantitative estimate of drug-likeness (QED) is 0.358. The van der Waals surface area contributed by atoms with E-state index in [1.807, 2.05) is 0 Å². The van der Waals surface area contributed by atoms with Gasteiger partial charge in [0.1, 0.15) is 24.9 Å². The molecule has 7 nitrogen and oxygen atoms in total. The van der Waals surface area contributed by atoms with Crippen molar-refractivity contribution in [3.05, 3.63) is 46.5 Å². The summed E-state index contributed by atoms with van der Waals surface area (Å²) in [5.41, 5.74) is -4.76. The fourth-order valence-corrected chi connectivity index (χ4v) is 3.25. The number of halogens is 5. The summed E-state index contributed by atoms with van der Waals surface area (Å²) in [6, 6.07) is 3.67. The Kier molecular flexibility index (Phi) is 5.89. The summed E-state index contributed by atoms with van der Waals surface area (Å²) in [7, 11) is 2.30. The van der Waals surface area contributed by atoms with Crippen LogP contribution in [0.25, 0.3) is 22.6 Å². The summed E-state index contributed by atoms with van der Waals surface area (Å²) in [6.45, 7) is 0.802. The van der Waals surface area contributed by atoms with Crippen LogP contribution in [0.15, 0.2) is 28.9 Å². The average Bonchev–Trinajstić information content (AvgIpc) is 3.23. The third-order valence-corrected chi connectivity index (χ3v) is 4.49. The third kappa shape index (κ3) is 4.44. The molecule has 0 saturated heterocycles. The van der Waals surface area contributed by atoms with Crippen molar-refractivity contribution in [3.8, 4) is 22.6 Å². The molecule has 164 valence electrons. The number of hydrogen-bond acceptors (Lipinski definition) is 6. The molecule has 0 aliphatic rings. The number of carbonyl (C=O) groups is 1. The minimum absolute atomic E-state index is 0.140. The number of rotatable bonds is 5. The molecule has 2 aromatic heterocycles. The van der Waals surface area contributed by atoms with E-state index in [9.17, 15) is 27.5 Å². The second kappa shape index (κ2) is 8.01. The number of methoxy groups -OCH3 is 1. The molecule has 0 radical (unpaired) electrons. The van der Waals surface area contributed by atoms with E-state index in [4.69, 9.17) is 16.1 Å². The van der Waals surface area contributed by atoms with E-state index in [0.29, 0.717) is 4.68 Å². The summed E-state index contributed by atoms with van der Waals surface area (Å²) in [5.74, 6) is -2.62. The van der Waals surface area contributed by atoms with Crippen LogP contribution in [0.2, 0.25) is 5.02 Å². The van der Waals surface area contributed by atoms with Crippen molar-refractivity contribution in [2.45, 2.75) is 25.1 Å². The van der Waals surface area contributed by atoms with Gasteiger partial charge in [0.15, 0.2) is 11.5 Å². The van der Waals surface area contributed by atoms with Gasteiger partial charge in [-0.2, -0.15) is 18.3 Å². The van der Waals surface area contributed by atoms with Crippen molar-refractivity contribution in [2.24, 2.45) is 0 Å². The molecule has 1 atom stereocenters. The van der Waals surface area contributed by atoms with E-state index in [1.54, 1.807) is 0 Å². The second-order valence-corrected chi connectivity index (χ2v) is 7.61. The molecule has 3 rings (SSSR count). The smallest absolute Gasteiger partial charge is 0.433 e. The number of nitrogens with zero attached hydrogens (tertiary/aromatic N) is 3. The van der Waals surface area contributed by atoms with Crippen molar-refractivity contribution in [2.75, 3.05) is 7.11 Å². The number of ether oxygens (including phenoxy) is 1. The Hall–Kier alpha value is -2.86. The van der Waals surface area contributed by atoms with Crippen LogP contribution in [0, 0.1) is 5.82 Å². The first-order chi connectivity index (χ1) is 14.3. The third-order valence-electron chi connectivity index (χ3n) is 4.17. The Morgan fingerprint density at radius 2 is 2.06 bits per heavy atom. The van der Waals surface area contributed by atoms with Gasteiger partial charge >= 0.3 is 12.1 Å². The summed E-state index contributed by atoms with van der Waals surface area (Å²) in [5, 5.41) is 17.1. The van der Waals surface area contributed by atoms with E-state index in [0.717, 1.165) is 19.4 Å². The van der Waals surface area contributed by atoms with Crippen LogP contribution >= 0.6 is 11.6 Å². The molecule has 1 aromatic carbocycles. The zero-order valence-electron chi connectivity index (χ0n) is 16.4. The van der Waals surface area contributed by atoms with Gasteiger partial charge < -0.3 is 14.4 Å². The molecule has 0 aliphatic carbocycles. The topological polar surface area (TPSA) is 90.4 Å². The molecule has 13 heteroatoms. The Balaban J connectivity index is 2.30. The zero-order valence-corrected chi connectivity index (χ0v) is 17.2. The number of benzene rings is 1. The Labute approximate surface area is 178 Å². The van der Waals surface area contributed by atoms with Gasteiger partial charge in [-0.15, -0.1) is 0 Å². The van der Waals surface area contributed by atoms with Gasteiger partial charge in [-0.1, -0.05) is 22.8 Å². The molecule has 0 spiro atoms. The van der Waals surface area contributed by atoms with Crippen LogP contribution in [0.4, 0.5) is 17.6 Å². The van der Waals surface area contributed by atoms with Crippen LogP contribution in [0.5, 0.6) is 0 Å². The highest BCUT2D eigenvalue weighted by Crippen LogP contribution is 2.42. The molecule has 0 aliphatic heterocycles. The minimum Gasteiger partial charge on any atom is -0.465 e. The molecule has 1 N–H and O–H groups in total. The van der Waals surface area contributed by atoms with Gasteiger partial charge in [0.05, 0.1) is 36.0 Å². The Bertz CT molecular complexity index is 1120. The molecule has 2 heterocycles. The van der Waals surface area contributed by atoms with Crippen LogP contribution in [0.1, 0.15) is 23.0 Å². The van der Waals surface area contributed by atoms with E-state index in [2.05, 4.69) is 15.0 Å². The normalized spacial score (nSPS) is 13.8. The fraction of sp³-hybridized carbons (Fsp3) is 0.278. The highest BCUT2D eigenvalue weighted by atomic mass is 35.5. The predicted molar refractivity (Wildman–Crippen MR) is 104 cm³/mol. The first kappa shape index (κ1) is 22.8. The van der Waals surface area contributed by atoms with E-state index < -0.39 is 58.3 Å². The van der Waals surface area contributed by atoms with Crippen LogP contribution in [0.3, 0.4) is 0 Å². The van der Waals surface area contributed by atoms with E-state index >= 15 is 0 Å². The molecule has 3 aromatic rings. The lowest BCUT2D eigenvalue weighted by Gasteiger charge is -2.20. The molecule has 0 saturated carbocycles. The van der Waals surface area contributed by atoms with Crippen LogP contribution < -0.4 is 0 Å². The van der Waals surface area contributed by atoms with Gasteiger partial charge in [0.2, 0.25) is 0 Å². The number of hydrogen-bond donors (Lipinski definition) is 1. The molecule has 1 unspecified atom stereocenters. The summed E-state index contributed by atoms with van der Waals surface area (Å²) >= 11 is 6.02. The molecule has 0 fully saturated rings. The first-order valence-corrected chi connectivity index (χ1v) is 9.11. The van der Waals surface area contributed by atoms with Crippen molar-refractivity contribution < 1.29 is 36.7 Å². The lowest BCUT2D eigenvalue weighted by atomic mass is 9.84. The molecular formula is C18H15BClF4N3O4. The monoisotopic (exact) mass is 459 g/mol. The summed E-state index contributed by atoms with van der Waals surface area (Å²) in [4.78, 5) is 12.4. The molecular weight excluding hydrogens is 444 g/mol. The standard InChI is InChI=1S/C18H15BClF4N3O4/c1-17(19,29)7-27-15(18(22,23)24)8(6-25-27)14-12(16(28)30-2)13(26-31-14)11-9(20)4-3-5-10(11)21/h3-6,29H,7,19H2,1-2H3. The van der Waals surface area contributed by atoms with Gasteiger partial charge in [0.25, 0.3) is 0 Å². The van der Waals surface area contributed by atoms with Crippen LogP contribution in [-0.4, -0.2) is 46.5 Å². The number of esters is 1. The van der Waals surface area contributed by atoms with Gasteiger partial charge in [-0.3, -0.25) is 4.68 Å². The second-order valence-electron chi connectivity index (χ2n) is 7.20. The number of carbonyl (C=O) groups excluding carboxylic acids is 1. The van der Waals surface area contributed by atoms with Crippen molar-refractivity contribution >= 4 is 25.4 Å². The van der Waals surface area contributed by atoms with E-state index in [1.165, 1.54) is 26.9 Å². The SMILES string of the molecule is BC(C)(O)Cn1ncc(-c2onc(-c3c(F)cccc3Cl)c2C(=O)OC)c1C(F)(F)F. The van der Waals surface area contributed by atoms with Crippen LogP contribution in [-0.2, 0) is 17.5 Å².